The summed E-state index contributed by atoms with van der Waals surface area (Å²) in [5.74, 6) is 0.720. The van der Waals surface area contributed by atoms with Crippen molar-refractivity contribution < 1.29 is 4.74 Å². The first-order chi connectivity index (χ1) is 5.79. The Morgan fingerprint density at radius 3 is 3.08 bits per heavy atom. The van der Waals surface area contributed by atoms with Gasteiger partial charge < -0.3 is 10.1 Å². The van der Waals surface area contributed by atoms with Crippen molar-refractivity contribution in [2.75, 3.05) is 26.3 Å². The summed E-state index contributed by atoms with van der Waals surface area (Å²) in [5.41, 5.74) is 1.11. The van der Waals surface area contributed by atoms with Gasteiger partial charge in [-0.3, -0.25) is 0 Å². The highest BCUT2D eigenvalue weighted by molar-refractivity contribution is 4.87. The smallest absolute Gasteiger partial charge is 0.0671 e. The number of piperidine rings is 1. The van der Waals surface area contributed by atoms with Gasteiger partial charge in [-0.2, -0.15) is 0 Å². The lowest BCUT2D eigenvalue weighted by Gasteiger charge is -2.22. The molecule has 2 nitrogen and oxygen atoms in total. The molecule has 1 heterocycles. The molecular formula is C10H19NO. The zero-order chi connectivity index (χ0) is 8.81. The second-order valence-electron chi connectivity index (χ2n) is 3.68. The van der Waals surface area contributed by atoms with E-state index in [4.69, 9.17) is 4.74 Å². The first kappa shape index (κ1) is 9.75. The highest BCUT2D eigenvalue weighted by Crippen LogP contribution is 2.10. The van der Waals surface area contributed by atoms with Crippen LogP contribution in [0.4, 0.5) is 0 Å². The maximum atomic E-state index is 5.50. The van der Waals surface area contributed by atoms with E-state index in [0.717, 1.165) is 31.2 Å². The van der Waals surface area contributed by atoms with Gasteiger partial charge >= 0.3 is 0 Å². The first-order valence-corrected chi connectivity index (χ1v) is 4.72. The van der Waals surface area contributed by atoms with Crippen LogP contribution >= 0.6 is 0 Å². The highest BCUT2D eigenvalue weighted by Gasteiger charge is 2.12. The summed E-state index contributed by atoms with van der Waals surface area (Å²) in [6.45, 7) is 9.70. The third-order valence-corrected chi connectivity index (χ3v) is 2.10. The molecule has 12 heavy (non-hydrogen) atoms. The minimum atomic E-state index is 0.719. The molecule has 0 spiro atoms. The molecule has 1 aliphatic rings. The maximum absolute atomic E-state index is 5.50. The Labute approximate surface area is 75.0 Å². The first-order valence-electron chi connectivity index (χ1n) is 4.72. The Hall–Kier alpha value is -0.340. The number of hydrogen-bond donors (Lipinski definition) is 1. The standard InChI is InChI=1S/C10H19NO/c1-9(2)7-12-8-10-4-3-5-11-6-10/h10-11H,1,3-8H2,2H3/t10-/m1/s1. The molecule has 0 bridgehead atoms. The summed E-state index contributed by atoms with van der Waals surface area (Å²) in [5, 5.41) is 3.37. The van der Waals surface area contributed by atoms with Crippen molar-refractivity contribution in [2.24, 2.45) is 5.92 Å². The van der Waals surface area contributed by atoms with Gasteiger partial charge in [0, 0.05) is 6.54 Å². The molecule has 0 radical (unpaired) electrons. The van der Waals surface area contributed by atoms with Gasteiger partial charge in [0.2, 0.25) is 0 Å². The lowest BCUT2D eigenvalue weighted by atomic mass is 10.0. The molecule has 0 saturated carbocycles. The largest absolute Gasteiger partial charge is 0.377 e. The Kier molecular flexibility index (Phi) is 4.33. The fraction of sp³-hybridized carbons (Fsp3) is 0.800. The number of ether oxygens (including phenoxy) is 1. The molecule has 1 fully saturated rings. The van der Waals surface area contributed by atoms with Gasteiger partial charge in [-0.15, -0.1) is 0 Å². The predicted octanol–water partition coefficient (Wildman–Crippen LogP) is 1.58. The van der Waals surface area contributed by atoms with Crippen molar-refractivity contribution in [1.82, 2.24) is 5.32 Å². The quantitative estimate of drug-likeness (QED) is 0.645. The van der Waals surface area contributed by atoms with E-state index in [1.165, 1.54) is 19.4 Å². The molecule has 70 valence electrons. The highest BCUT2D eigenvalue weighted by atomic mass is 16.5. The van der Waals surface area contributed by atoms with Gasteiger partial charge in [0.15, 0.2) is 0 Å². The third-order valence-electron chi connectivity index (χ3n) is 2.10. The van der Waals surface area contributed by atoms with Crippen LogP contribution in [0, 0.1) is 5.92 Å². The number of rotatable bonds is 4. The van der Waals surface area contributed by atoms with Crippen LogP contribution in [0.1, 0.15) is 19.8 Å². The zero-order valence-corrected chi connectivity index (χ0v) is 7.94. The van der Waals surface area contributed by atoms with Crippen molar-refractivity contribution in [1.29, 1.82) is 0 Å². The molecule has 1 N–H and O–H groups in total. The Morgan fingerprint density at radius 2 is 2.50 bits per heavy atom. The van der Waals surface area contributed by atoms with Crippen molar-refractivity contribution in [2.45, 2.75) is 19.8 Å². The van der Waals surface area contributed by atoms with E-state index in [0.29, 0.717) is 0 Å². The average molecular weight is 169 g/mol. The van der Waals surface area contributed by atoms with Crippen molar-refractivity contribution in [3.8, 4) is 0 Å². The maximum Gasteiger partial charge on any atom is 0.0671 e. The van der Waals surface area contributed by atoms with Crippen molar-refractivity contribution in [3.05, 3.63) is 12.2 Å². The molecule has 1 rings (SSSR count). The topological polar surface area (TPSA) is 21.3 Å². The molecule has 1 saturated heterocycles. The monoisotopic (exact) mass is 169 g/mol. The van der Waals surface area contributed by atoms with Crippen LogP contribution in [0.25, 0.3) is 0 Å². The summed E-state index contributed by atoms with van der Waals surface area (Å²) in [6, 6.07) is 0. The minimum absolute atomic E-state index is 0.719. The summed E-state index contributed by atoms with van der Waals surface area (Å²) in [6.07, 6.45) is 2.60. The molecule has 0 aromatic rings. The Balaban J connectivity index is 2.01. The van der Waals surface area contributed by atoms with Gasteiger partial charge in [0.25, 0.3) is 0 Å². The van der Waals surface area contributed by atoms with Crippen molar-refractivity contribution >= 4 is 0 Å². The van der Waals surface area contributed by atoms with Gasteiger partial charge in [-0.25, -0.2) is 0 Å². The van der Waals surface area contributed by atoms with E-state index in [1.54, 1.807) is 0 Å². The van der Waals surface area contributed by atoms with Crippen LogP contribution in [0.2, 0.25) is 0 Å². The van der Waals surface area contributed by atoms with Crippen LogP contribution in [0.5, 0.6) is 0 Å². The van der Waals surface area contributed by atoms with Crippen LogP contribution < -0.4 is 5.32 Å². The predicted molar refractivity (Wildman–Crippen MR) is 51.2 cm³/mol. The van der Waals surface area contributed by atoms with Gasteiger partial charge in [-0.1, -0.05) is 12.2 Å². The van der Waals surface area contributed by atoms with Gasteiger partial charge in [0.05, 0.1) is 13.2 Å². The van der Waals surface area contributed by atoms with Crippen LogP contribution in [-0.2, 0) is 4.74 Å². The molecule has 2 heteroatoms. The van der Waals surface area contributed by atoms with Gasteiger partial charge in [-0.05, 0) is 32.2 Å². The molecule has 0 amide bonds. The summed E-state index contributed by atoms with van der Waals surface area (Å²) >= 11 is 0. The van der Waals surface area contributed by atoms with E-state index in [2.05, 4.69) is 11.9 Å². The summed E-state index contributed by atoms with van der Waals surface area (Å²) < 4.78 is 5.50. The molecule has 0 aliphatic carbocycles. The second kappa shape index (κ2) is 5.33. The average Bonchev–Trinajstić information content (AvgIpc) is 2.05. The minimum Gasteiger partial charge on any atom is -0.377 e. The molecule has 0 aromatic carbocycles. The molecule has 0 unspecified atom stereocenters. The lowest BCUT2D eigenvalue weighted by Crippen LogP contribution is -2.32. The van der Waals surface area contributed by atoms with Gasteiger partial charge in [0.1, 0.15) is 0 Å². The van der Waals surface area contributed by atoms with Crippen LogP contribution in [-0.4, -0.2) is 26.3 Å². The fourth-order valence-corrected chi connectivity index (χ4v) is 1.47. The Morgan fingerprint density at radius 1 is 1.67 bits per heavy atom. The molecular weight excluding hydrogens is 150 g/mol. The molecule has 1 aliphatic heterocycles. The molecule has 1 atom stereocenters. The zero-order valence-electron chi connectivity index (χ0n) is 7.94. The SMILES string of the molecule is C=C(C)COC[C@@H]1CCCNC1. The van der Waals surface area contributed by atoms with E-state index >= 15 is 0 Å². The van der Waals surface area contributed by atoms with E-state index < -0.39 is 0 Å². The van der Waals surface area contributed by atoms with Crippen LogP contribution in [0.3, 0.4) is 0 Å². The third kappa shape index (κ3) is 3.88. The number of hydrogen-bond acceptors (Lipinski definition) is 2. The molecule has 0 aromatic heterocycles. The number of nitrogens with one attached hydrogen (secondary N) is 1. The normalized spacial score (nSPS) is 23.9. The van der Waals surface area contributed by atoms with E-state index in [9.17, 15) is 0 Å². The summed E-state index contributed by atoms with van der Waals surface area (Å²) in [7, 11) is 0. The van der Waals surface area contributed by atoms with E-state index in [1.807, 2.05) is 6.92 Å². The van der Waals surface area contributed by atoms with Crippen molar-refractivity contribution in [3.63, 3.8) is 0 Å². The Bertz CT molecular complexity index is 139. The fourth-order valence-electron chi connectivity index (χ4n) is 1.47. The lowest BCUT2D eigenvalue weighted by molar-refractivity contribution is 0.107. The second-order valence-corrected chi connectivity index (χ2v) is 3.68. The van der Waals surface area contributed by atoms with Crippen LogP contribution in [0.15, 0.2) is 12.2 Å². The van der Waals surface area contributed by atoms with E-state index in [-0.39, 0.29) is 0 Å². The summed E-state index contributed by atoms with van der Waals surface area (Å²) in [4.78, 5) is 0.